The average Bonchev–Trinajstić information content (AvgIpc) is 2.38. The molecule has 1 heterocycles. The first kappa shape index (κ1) is 17.3. The molecule has 13 heteroatoms. The van der Waals surface area contributed by atoms with Crippen molar-refractivity contribution in [1.29, 1.82) is 0 Å². The second kappa shape index (κ2) is 5.21. The fourth-order valence-corrected chi connectivity index (χ4v) is 7.66. The Labute approximate surface area is 108 Å². The first-order chi connectivity index (χ1) is 8.23. The van der Waals surface area contributed by atoms with E-state index in [4.69, 9.17) is 0 Å². The van der Waals surface area contributed by atoms with E-state index in [1.807, 2.05) is 0 Å². The topological polar surface area (TPSA) is 52.6 Å². The van der Waals surface area contributed by atoms with Gasteiger partial charge in [-0.25, -0.2) is 8.42 Å². The van der Waals surface area contributed by atoms with Crippen LogP contribution in [0.15, 0.2) is 0 Å². The molecule has 1 aliphatic rings. The van der Waals surface area contributed by atoms with Gasteiger partial charge in [0.15, 0.2) is 9.84 Å². The maximum Gasteiger partial charge on any atom is 0.541 e. The molecule has 4 nitrogen and oxygen atoms in total. The van der Waals surface area contributed by atoms with Crippen LogP contribution in [0.5, 0.6) is 0 Å². The van der Waals surface area contributed by atoms with Crippen molar-refractivity contribution < 1.29 is 43.1 Å². The lowest BCUT2D eigenvalue weighted by atomic mass is 10.4. The summed E-state index contributed by atoms with van der Waals surface area (Å²) in [5.74, 6) is -1.33. The van der Waals surface area contributed by atoms with Crippen molar-refractivity contribution in [1.82, 2.24) is 0 Å². The third kappa shape index (κ3) is 5.62. The van der Waals surface area contributed by atoms with Crippen molar-refractivity contribution in [3.63, 3.8) is 0 Å². The number of alkyl halides is 6. The van der Waals surface area contributed by atoms with Crippen molar-refractivity contribution >= 4 is 28.5 Å². The van der Waals surface area contributed by atoms with Gasteiger partial charge in [0, 0.05) is 0 Å². The summed E-state index contributed by atoms with van der Waals surface area (Å²) in [6.07, 6.45) is -11.1. The molecule has 0 aliphatic carbocycles. The molecule has 0 radical (unpaired) electrons. The summed E-state index contributed by atoms with van der Waals surface area (Å²) in [5, 5.41) is -1.51. The van der Waals surface area contributed by atoms with Crippen LogP contribution >= 0.6 is 18.7 Å². The van der Waals surface area contributed by atoms with Crippen LogP contribution < -0.4 is 0 Å². The Bertz CT molecular complexity index is 416. The molecular weight excluding hydrogens is 345 g/mol. The van der Waals surface area contributed by atoms with E-state index in [1.54, 1.807) is 0 Å². The zero-order chi connectivity index (χ0) is 15.1. The summed E-state index contributed by atoms with van der Waals surface area (Å²) < 4.78 is 102. The maximum atomic E-state index is 12.2. The molecule has 0 aromatic rings. The van der Waals surface area contributed by atoms with Crippen LogP contribution in [-0.2, 0) is 18.2 Å². The molecule has 2 atom stereocenters. The van der Waals surface area contributed by atoms with E-state index >= 15 is 0 Å². The fourth-order valence-electron chi connectivity index (χ4n) is 1.47. The number of sulfone groups is 1. The molecule has 0 bridgehead atoms. The van der Waals surface area contributed by atoms with Crippen molar-refractivity contribution in [2.24, 2.45) is 0 Å². The van der Waals surface area contributed by atoms with E-state index in [2.05, 4.69) is 8.37 Å². The standard InChI is InChI=1S/C6H9F6O4PS2/c7-5(8,9)15-19(17,16-6(10,11)12)4-1-2-18(13,14)3-4/h4H,1-3,17H2. The molecular formula is C6H9F6O4PS2. The molecule has 0 aromatic heterocycles. The molecule has 1 rings (SSSR count). The van der Waals surface area contributed by atoms with E-state index in [1.165, 1.54) is 8.44 Å². The van der Waals surface area contributed by atoms with Crippen LogP contribution in [0.25, 0.3) is 0 Å². The molecule has 1 saturated heterocycles. The molecule has 1 fully saturated rings. The molecule has 2 unspecified atom stereocenters. The molecule has 0 N–H and O–H groups in total. The van der Waals surface area contributed by atoms with Gasteiger partial charge in [0.1, 0.15) is 0 Å². The second-order valence-corrected chi connectivity index (χ2v) is 10.1. The summed E-state index contributed by atoms with van der Waals surface area (Å²) in [6, 6.07) is 0. The largest absolute Gasteiger partial charge is 0.541 e. The highest BCUT2D eigenvalue weighted by Gasteiger charge is 2.50. The monoisotopic (exact) mass is 354 g/mol. The van der Waals surface area contributed by atoms with Gasteiger partial charge in [0.25, 0.3) is 0 Å². The predicted molar refractivity (Wildman–Crippen MR) is 58.6 cm³/mol. The van der Waals surface area contributed by atoms with Crippen LogP contribution in [0, 0.1) is 0 Å². The second-order valence-electron chi connectivity index (χ2n) is 3.67. The van der Waals surface area contributed by atoms with Gasteiger partial charge in [-0.3, -0.25) is 0 Å². The van der Waals surface area contributed by atoms with Crippen LogP contribution in [-0.4, -0.2) is 37.9 Å². The molecule has 116 valence electrons. The molecule has 0 aromatic carbocycles. The van der Waals surface area contributed by atoms with Crippen LogP contribution in [0.2, 0.25) is 0 Å². The van der Waals surface area contributed by atoms with Gasteiger partial charge >= 0.3 is 12.7 Å². The van der Waals surface area contributed by atoms with E-state index < -0.39 is 49.5 Å². The van der Waals surface area contributed by atoms with Crippen LogP contribution in [0.4, 0.5) is 26.3 Å². The highest BCUT2D eigenvalue weighted by atomic mass is 32.8. The Morgan fingerprint density at radius 2 is 1.47 bits per heavy atom. The quantitative estimate of drug-likeness (QED) is 0.578. The van der Waals surface area contributed by atoms with Gasteiger partial charge in [0.05, 0.1) is 16.8 Å². The van der Waals surface area contributed by atoms with E-state index in [0.29, 0.717) is 0 Å². The lowest BCUT2D eigenvalue weighted by Gasteiger charge is -2.43. The number of hydrogen-bond acceptors (Lipinski definition) is 4. The normalized spacial score (nSPS) is 25.5. The van der Waals surface area contributed by atoms with Gasteiger partial charge in [-0.05, 0) is 14.9 Å². The summed E-state index contributed by atoms with van der Waals surface area (Å²) in [5.41, 5.74) is 0. The third-order valence-corrected chi connectivity index (χ3v) is 8.05. The highest BCUT2D eigenvalue weighted by molar-refractivity contribution is 8.63. The van der Waals surface area contributed by atoms with Gasteiger partial charge in [-0.1, -0.05) is 0 Å². The minimum atomic E-state index is -5.37. The van der Waals surface area contributed by atoms with Crippen LogP contribution in [0.3, 0.4) is 0 Å². The molecule has 0 amide bonds. The lowest BCUT2D eigenvalue weighted by molar-refractivity contribution is -0.297. The summed E-state index contributed by atoms with van der Waals surface area (Å²) in [6.45, 7) is 0. The minimum Gasteiger partial charge on any atom is -0.229 e. The Kier molecular flexibility index (Phi) is 4.74. The molecule has 1 aliphatic heterocycles. The number of halogens is 6. The number of hydrogen-bond donors (Lipinski definition) is 0. The van der Waals surface area contributed by atoms with Crippen molar-refractivity contribution in [3.05, 3.63) is 0 Å². The Hall–Kier alpha value is 0.230. The Morgan fingerprint density at radius 1 is 1.05 bits per heavy atom. The van der Waals surface area contributed by atoms with Crippen molar-refractivity contribution in [3.8, 4) is 0 Å². The summed E-state index contributed by atoms with van der Waals surface area (Å²) in [4.78, 5) is 0. The minimum absolute atomic E-state index is 0.382. The Balaban J connectivity index is 2.99. The Morgan fingerprint density at radius 3 is 1.74 bits per heavy atom. The first-order valence-electron chi connectivity index (χ1n) is 4.57. The van der Waals surface area contributed by atoms with Crippen molar-refractivity contribution in [2.75, 3.05) is 11.5 Å². The molecule has 19 heavy (non-hydrogen) atoms. The number of rotatable bonds is 3. The van der Waals surface area contributed by atoms with Gasteiger partial charge in [-0.2, -0.15) is 18.6 Å². The average molecular weight is 354 g/mol. The smallest absolute Gasteiger partial charge is 0.229 e. The first-order valence-corrected chi connectivity index (χ1v) is 9.42. The summed E-state index contributed by atoms with van der Waals surface area (Å²) >= 11 is 0. The maximum absolute atomic E-state index is 12.2. The van der Waals surface area contributed by atoms with Gasteiger partial charge in [0.2, 0.25) is 0 Å². The SMILES string of the molecule is O=S1(=O)CCC(S(P)(OC(F)(F)F)OC(F)(F)F)C1. The molecule has 0 spiro atoms. The van der Waals surface area contributed by atoms with E-state index in [9.17, 15) is 34.8 Å². The van der Waals surface area contributed by atoms with Gasteiger partial charge < -0.3 is 0 Å². The zero-order valence-corrected chi connectivity index (χ0v) is 11.8. The third-order valence-electron chi connectivity index (χ3n) is 2.10. The zero-order valence-electron chi connectivity index (χ0n) is 8.99. The van der Waals surface area contributed by atoms with Gasteiger partial charge in [-0.15, -0.1) is 26.3 Å². The van der Waals surface area contributed by atoms with E-state index in [-0.39, 0.29) is 6.42 Å². The summed E-state index contributed by atoms with van der Waals surface area (Å²) in [7, 11) is -6.64. The van der Waals surface area contributed by atoms with E-state index in [0.717, 1.165) is 0 Å². The molecule has 0 saturated carbocycles. The fraction of sp³-hybridized carbons (Fsp3) is 1.00. The lowest BCUT2D eigenvalue weighted by Crippen LogP contribution is -2.29. The highest BCUT2D eigenvalue weighted by Crippen LogP contribution is 2.68. The van der Waals surface area contributed by atoms with Crippen LogP contribution in [0.1, 0.15) is 6.42 Å². The van der Waals surface area contributed by atoms with Crippen molar-refractivity contribution in [2.45, 2.75) is 24.4 Å². The predicted octanol–water partition coefficient (Wildman–Crippen LogP) is 2.67.